The number of likely N-dealkylation sites (N-methyl/N-ethyl adjacent to an activating group) is 1. The number of nitrogens with zero attached hydrogens (tertiary/aromatic N) is 2. The highest BCUT2D eigenvalue weighted by Crippen LogP contribution is 2.36. The molecule has 23 heavy (non-hydrogen) atoms. The number of thiazole rings is 1. The average molecular weight is 333 g/mol. The molecule has 2 heterocycles. The van der Waals surface area contributed by atoms with E-state index in [0.29, 0.717) is 12.5 Å². The molecule has 3 rings (SSSR count). The number of aromatic nitrogens is 1. The summed E-state index contributed by atoms with van der Waals surface area (Å²) in [5.74, 6) is 1.29. The fourth-order valence-corrected chi connectivity index (χ4v) is 3.99. The highest BCUT2D eigenvalue weighted by molar-refractivity contribution is 7.11. The molecule has 0 unspecified atom stereocenters. The van der Waals surface area contributed by atoms with Gasteiger partial charge in [0.1, 0.15) is 10.6 Å². The SMILES string of the molecule is CN(C)[C@H](CNC(=O)c1scnc1C1CCCC1)c1ccco1. The lowest BCUT2D eigenvalue weighted by Crippen LogP contribution is -2.34. The minimum Gasteiger partial charge on any atom is -0.468 e. The van der Waals surface area contributed by atoms with E-state index in [9.17, 15) is 4.79 Å². The average Bonchev–Trinajstić information content (AvgIpc) is 3.27. The second kappa shape index (κ2) is 7.27. The van der Waals surface area contributed by atoms with E-state index in [0.717, 1.165) is 29.2 Å². The fourth-order valence-electron chi connectivity index (χ4n) is 3.20. The van der Waals surface area contributed by atoms with Crippen LogP contribution in [0, 0.1) is 0 Å². The summed E-state index contributed by atoms with van der Waals surface area (Å²) in [5, 5.41) is 3.05. The van der Waals surface area contributed by atoms with Gasteiger partial charge in [-0.3, -0.25) is 9.69 Å². The molecule has 1 atom stereocenters. The standard InChI is InChI=1S/C17H23N3O2S/c1-20(2)13(14-8-5-9-22-14)10-18-17(21)16-15(19-11-23-16)12-6-3-4-7-12/h5,8-9,11-13H,3-4,6-7,10H2,1-2H3,(H,18,21)/t13-/m1/s1. The number of hydrogen-bond donors (Lipinski definition) is 1. The molecule has 0 bridgehead atoms. The molecule has 0 aliphatic heterocycles. The summed E-state index contributed by atoms with van der Waals surface area (Å²) in [6.07, 6.45) is 6.44. The van der Waals surface area contributed by atoms with Crippen molar-refractivity contribution in [3.05, 3.63) is 40.2 Å². The summed E-state index contributed by atoms with van der Waals surface area (Å²) < 4.78 is 5.48. The van der Waals surface area contributed by atoms with Crippen LogP contribution >= 0.6 is 11.3 Å². The van der Waals surface area contributed by atoms with E-state index in [1.807, 2.05) is 31.1 Å². The van der Waals surface area contributed by atoms with Gasteiger partial charge in [0.15, 0.2) is 0 Å². The zero-order valence-corrected chi connectivity index (χ0v) is 14.4. The predicted molar refractivity (Wildman–Crippen MR) is 90.8 cm³/mol. The maximum absolute atomic E-state index is 12.6. The maximum Gasteiger partial charge on any atom is 0.263 e. The van der Waals surface area contributed by atoms with Crippen molar-refractivity contribution in [1.29, 1.82) is 0 Å². The van der Waals surface area contributed by atoms with E-state index in [1.54, 1.807) is 11.8 Å². The van der Waals surface area contributed by atoms with Crippen molar-refractivity contribution < 1.29 is 9.21 Å². The van der Waals surface area contributed by atoms with Crippen LogP contribution in [0.25, 0.3) is 0 Å². The Morgan fingerprint density at radius 1 is 1.48 bits per heavy atom. The molecule has 0 spiro atoms. The minimum atomic E-state index is -0.0205. The summed E-state index contributed by atoms with van der Waals surface area (Å²) in [4.78, 5) is 19.9. The Hall–Kier alpha value is -1.66. The Balaban J connectivity index is 1.66. The van der Waals surface area contributed by atoms with Crippen molar-refractivity contribution in [2.24, 2.45) is 0 Å². The van der Waals surface area contributed by atoms with Gasteiger partial charge in [0.05, 0.1) is 23.5 Å². The molecule has 1 aliphatic carbocycles. The molecule has 6 heteroatoms. The molecule has 1 aliphatic rings. The van der Waals surface area contributed by atoms with E-state index >= 15 is 0 Å². The topological polar surface area (TPSA) is 58.4 Å². The summed E-state index contributed by atoms with van der Waals surface area (Å²) in [6.45, 7) is 0.515. The van der Waals surface area contributed by atoms with Crippen molar-refractivity contribution >= 4 is 17.2 Å². The van der Waals surface area contributed by atoms with Crippen LogP contribution in [0.1, 0.15) is 58.8 Å². The van der Waals surface area contributed by atoms with E-state index < -0.39 is 0 Å². The molecule has 124 valence electrons. The van der Waals surface area contributed by atoms with E-state index in [2.05, 4.69) is 10.3 Å². The fraction of sp³-hybridized carbons (Fsp3) is 0.529. The number of rotatable bonds is 6. The molecule has 0 saturated heterocycles. The first-order valence-corrected chi connectivity index (χ1v) is 8.96. The van der Waals surface area contributed by atoms with Crippen LogP contribution in [0.3, 0.4) is 0 Å². The zero-order valence-electron chi connectivity index (χ0n) is 13.6. The Labute approximate surface area is 140 Å². The number of nitrogens with one attached hydrogen (secondary N) is 1. The van der Waals surface area contributed by atoms with Crippen LogP contribution < -0.4 is 5.32 Å². The normalized spacial score (nSPS) is 16.8. The largest absolute Gasteiger partial charge is 0.468 e. The van der Waals surface area contributed by atoms with Crippen molar-refractivity contribution in [2.75, 3.05) is 20.6 Å². The monoisotopic (exact) mass is 333 g/mol. The molecule has 1 N–H and O–H groups in total. The molecule has 1 saturated carbocycles. The van der Waals surface area contributed by atoms with Gasteiger partial charge in [0.25, 0.3) is 5.91 Å². The van der Waals surface area contributed by atoms with Crippen molar-refractivity contribution in [1.82, 2.24) is 15.2 Å². The highest BCUT2D eigenvalue weighted by Gasteiger charge is 2.26. The molecule has 0 radical (unpaired) electrons. The van der Waals surface area contributed by atoms with Crippen LogP contribution in [0.4, 0.5) is 0 Å². The lowest BCUT2D eigenvalue weighted by Gasteiger charge is -2.22. The molecule has 5 nitrogen and oxygen atoms in total. The van der Waals surface area contributed by atoms with Gasteiger partial charge in [0.2, 0.25) is 0 Å². The first-order valence-electron chi connectivity index (χ1n) is 8.08. The van der Waals surface area contributed by atoms with Gasteiger partial charge in [-0.15, -0.1) is 11.3 Å². The summed E-state index contributed by atoms with van der Waals surface area (Å²) >= 11 is 1.44. The third-order valence-electron chi connectivity index (χ3n) is 4.49. The molecule has 0 aromatic carbocycles. The Bertz CT molecular complexity index is 630. The van der Waals surface area contributed by atoms with Crippen molar-refractivity contribution in [3.8, 4) is 0 Å². The predicted octanol–water partition coefficient (Wildman–Crippen LogP) is 3.43. The Morgan fingerprint density at radius 2 is 2.26 bits per heavy atom. The number of hydrogen-bond acceptors (Lipinski definition) is 5. The summed E-state index contributed by atoms with van der Waals surface area (Å²) in [5.41, 5.74) is 2.78. The van der Waals surface area contributed by atoms with Crippen LogP contribution in [-0.2, 0) is 0 Å². The summed E-state index contributed by atoms with van der Waals surface area (Å²) in [6, 6.07) is 3.83. The second-order valence-electron chi connectivity index (χ2n) is 6.25. The molecule has 1 fully saturated rings. The smallest absolute Gasteiger partial charge is 0.263 e. The maximum atomic E-state index is 12.6. The molecule has 2 aromatic heterocycles. The molecule has 1 amide bonds. The summed E-state index contributed by atoms with van der Waals surface area (Å²) in [7, 11) is 3.96. The quantitative estimate of drug-likeness (QED) is 0.880. The second-order valence-corrected chi connectivity index (χ2v) is 7.11. The minimum absolute atomic E-state index is 0.0205. The first kappa shape index (κ1) is 16.2. The number of amides is 1. The zero-order chi connectivity index (χ0) is 16.2. The van der Waals surface area contributed by atoms with Crippen LogP contribution in [0.5, 0.6) is 0 Å². The van der Waals surface area contributed by atoms with Crippen molar-refractivity contribution in [2.45, 2.75) is 37.6 Å². The van der Waals surface area contributed by atoms with E-state index in [-0.39, 0.29) is 11.9 Å². The van der Waals surface area contributed by atoms with Crippen LogP contribution in [-0.4, -0.2) is 36.4 Å². The highest BCUT2D eigenvalue weighted by atomic mass is 32.1. The Kier molecular flexibility index (Phi) is 5.13. The third-order valence-corrected chi connectivity index (χ3v) is 5.34. The third kappa shape index (κ3) is 3.64. The lowest BCUT2D eigenvalue weighted by molar-refractivity contribution is 0.0941. The van der Waals surface area contributed by atoms with E-state index in [1.165, 1.54) is 24.2 Å². The number of carbonyl (C=O) groups is 1. The van der Waals surface area contributed by atoms with Gasteiger partial charge in [-0.2, -0.15) is 0 Å². The number of furan rings is 1. The van der Waals surface area contributed by atoms with Gasteiger partial charge >= 0.3 is 0 Å². The molecular weight excluding hydrogens is 310 g/mol. The van der Waals surface area contributed by atoms with Crippen LogP contribution in [0.15, 0.2) is 28.3 Å². The van der Waals surface area contributed by atoms with Crippen LogP contribution in [0.2, 0.25) is 0 Å². The van der Waals surface area contributed by atoms with E-state index in [4.69, 9.17) is 4.42 Å². The van der Waals surface area contributed by atoms with Gasteiger partial charge in [-0.05, 0) is 39.1 Å². The number of carbonyl (C=O) groups excluding carboxylic acids is 1. The molecular formula is C17H23N3O2S. The van der Waals surface area contributed by atoms with Gasteiger partial charge in [-0.25, -0.2) is 4.98 Å². The first-order chi connectivity index (χ1) is 11.2. The van der Waals surface area contributed by atoms with Crippen molar-refractivity contribution in [3.63, 3.8) is 0 Å². The van der Waals surface area contributed by atoms with Gasteiger partial charge < -0.3 is 9.73 Å². The Morgan fingerprint density at radius 3 is 2.91 bits per heavy atom. The van der Waals surface area contributed by atoms with Gasteiger partial charge in [0, 0.05) is 12.5 Å². The van der Waals surface area contributed by atoms with Gasteiger partial charge in [-0.1, -0.05) is 12.8 Å². The lowest BCUT2D eigenvalue weighted by atomic mass is 10.0. The molecule has 2 aromatic rings.